The fourth-order valence-electron chi connectivity index (χ4n) is 1.94. The molecule has 1 aromatic rings. The van der Waals surface area contributed by atoms with Gasteiger partial charge in [0.05, 0.1) is 19.3 Å². The maximum Gasteiger partial charge on any atom is 0.134 e. The van der Waals surface area contributed by atoms with Gasteiger partial charge < -0.3 is 19.7 Å². The van der Waals surface area contributed by atoms with Crippen LogP contribution in [-0.2, 0) is 9.47 Å². The summed E-state index contributed by atoms with van der Waals surface area (Å²) in [5.41, 5.74) is 0. The molecule has 0 aliphatic heterocycles. The maximum absolute atomic E-state index is 5.24. The van der Waals surface area contributed by atoms with Gasteiger partial charge in [0, 0.05) is 33.4 Å². The van der Waals surface area contributed by atoms with E-state index in [-0.39, 0.29) is 6.04 Å². The van der Waals surface area contributed by atoms with E-state index in [0.29, 0.717) is 13.2 Å². The van der Waals surface area contributed by atoms with Crippen molar-refractivity contribution in [3.05, 3.63) is 12.4 Å². The molecule has 0 aliphatic rings. The van der Waals surface area contributed by atoms with Gasteiger partial charge in [0.25, 0.3) is 0 Å². The first-order valence-electron chi connectivity index (χ1n) is 7.03. The minimum Gasteiger partial charge on any atom is -0.383 e. The van der Waals surface area contributed by atoms with Gasteiger partial charge in [-0.3, -0.25) is 0 Å². The number of nitrogens with one attached hydrogen (secondary N) is 1. The van der Waals surface area contributed by atoms with E-state index in [1.807, 2.05) is 6.07 Å². The molecule has 1 unspecified atom stereocenters. The molecular formula is C14H26N4O2. The third-order valence-corrected chi connectivity index (χ3v) is 2.98. The van der Waals surface area contributed by atoms with Crippen LogP contribution in [0.1, 0.15) is 20.3 Å². The van der Waals surface area contributed by atoms with Crippen molar-refractivity contribution in [3.63, 3.8) is 0 Å². The summed E-state index contributed by atoms with van der Waals surface area (Å²) in [5, 5.41) is 3.28. The summed E-state index contributed by atoms with van der Waals surface area (Å²) >= 11 is 0. The van der Waals surface area contributed by atoms with Crippen LogP contribution in [0.3, 0.4) is 0 Å². The normalized spacial score (nSPS) is 12.2. The molecule has 1 atom stereocenters. The van der Waals surface area contributed by atoms with E-state index in [9.17, 15) is 0 Å². The van der Waals surface area contributed by atoms with Crippen LogP contribution in [-0.4, -0.2) is 56.5 Å². The Morgan fingerprint density at radius 3 is 2.75 bits per heavy atom. The Balaban J connectivity index is 2.82. The summed E-state index contributed by atoms with van der Waals surface area (Å²) in [5.74, 6) is 1.74. The van der Waals surface area contributed by atoms with Crippen molar-refractivity contribution in [2.75, 3.05) is 50.7 Å². The number of rotatable bonds is 10. The minimum absolute atomic E-state index is 0.226. The van der Waals surface area contributed by atoms with E-state index < -0.39 is 0 Å². The van der Waals surface area contributed by atoms with Crippen LogP contribution in [0.5, 0.6) is 0 Å². The van der Waals surface area contributed by atoms with Gasteiger partial charge in [-0.25, -0.2) is 9.97 Å². The van der Waals surface area contributed by atoms with Gasteiger partial charge in [0.1, 0.15) is 18.0 Å². The van der Waals surface area contributed by atoms with Crippen molar-refractivity contribution in [2.45, 2.75) is 26.3 Å². The zero-order valence-corrected chi connectivity index (χ0v) is 12.9. The standard InChI is InChI=1S/C14H26N4O2/c1-5-6-15-13-9-14(17-11-16-13)18(7-8-19-3)12(2)10-20-4/h9,11-12H,5-8,10H2,1-4H3,(H,15,16,17). The minimum atomic E-state index is 0.226. The first-order chi connectivity index (χ1) is 9.72. The van der Waals surface area contributed by atoms with E-state index in [0.717, 1.165) is 31.1 Å². The first kappa shape index (κ1) is 16.7. The number of hydrogen-bond donors (Lipinski definition) is 1. The molecule has 20 heavy (non-hydrogen) atoms. The summed E-state index contributed by atoms with van der Waals surface area (Å²) in [7, 11) is 3.41. The average Bonchev–Trinajstić information content (AvgIpc) is 2.46. The Bertz CT molecular complexity index is 376. The van der Waals surface area contributed by atoms with E-state index in [1.165, 1.54) is 0 Å². The van der Waals surface area contributed by atoms with Crippen LogP contribution in [0, 0.1) is 0 Å². The molecule has 114 valence electrons. The summed E-state index contributed by atoms with van der Waals surface area (Å²) < 4.78 is 10.4. The van der Waals surface area contributed by atoms with Crippen LogP contribution in [0.4, 0.5) is 11.6 Å². The molecule has 6 heteroatoms. The third-order valence-electron chi connectivity index (χ3n) is 2.98. The molecule has 1 rings (SSSR count). The number of methoxy groups -OCH3 is 2. The van der Waals surface area contributed by atoms with Crippen LogP contribution in [0.2, 0.25) is 0 Å². The van der Waals surface area contributed by atoms with Crippen LogP contribution in [0.25, 0.3) is 0 Å². The second-order valence-corrected chi connectivity index (χ2v) is 4.68. The van der Waals surface area contributed by atoms with E-state index in [4.69, 9.17) is 9.47 Å². The van der Waals surface area contributed by atoms with Gasteiger partial charge >= 0.3 is 0 Å². The molecule has 0 fully saturated rings. The van der Waals surface area contributed by atoms with Gasteiger partial charge in [-0.15, -0.1) is 0 Å². The predicted molar refractivity (Wildman–Crippen MR) is 81.4 cm³/mol. The van der Waals surface area contributed by atoms with Crippen molar-refractivity contribution in [3.8, 4) is 0 Å². The molecule has 0 radical (unpaired) electrons. The summed E-state index contributed by atoms with van der Waals surface area (Å²) in [6.45, 7) is 7.20. The lowest BCUT2D eigenvalue weighted by Crippen LogP contribution is -2.39. The Labute approximate surface area is 121 Å². The van der Waals surface area contributed by atoms with Crippen molar-refractivity contribution < 1.29 is 9.47 Å². The fourth-order valence-corrected chi connectivity index (χ4v) is 1.94. The molecule has 1 heterocycles. The molecule has 0 amide bonds. The number of aromatic nitrogens is 2. The molecule has 0 aromatic carbocycles. The monoisotopic (exact) mass is 282 g/mol. The summed E-state index contributed by atoms with van der Waals surface area (Å²) in [4.78, 5) is 10.8. The lowest BCUT2D eigenvalue weighted by molar-refractivity contribution is 0.170. The highest BCUT2D eigenvalue weighted by Gasteiger charge is 2.16. The molecule has 0 aliphatic carbocycles. The van der Waals surface area contributed by atoms with Crippen LogP contribution in [0.15, 0.2) is 12.4 Å². The zero-order valence-electron chi connectivity index (χ0n) is 12.9. The Morgan fingerprint density at radius 2 is 2.10 bits per heavy atom. The molecule has 1 N–H and O–H groups in total. The van der Waals surface area contributed by atoms with E-state index in [2.05, 4.69) is 34.0 Å². The molecule has 6 nitrogen and oxygen atoms in total. The van der Waals surface area contributed by atoms with Crippen molar-refractivity contribution >= 4 is 11.6 Å². The first-order valence-corrected chi connectivity index (χ1v) is 7.03. The lowest BCUT2D eigenvalue weighted by atomic mass is 10.3. The number of anilines is 2. The van der Waals surface area contributed by atoms with Crippen LogP contribution >= 0.6 is 0 Å². The quantitative estimate of drug-likeness (QED) is 0.706. The Morgan fingerprint density at radius 1 is 1.30 bits per heavy atom. The third kappa shape index (κ3) is 5.30. The topological polar surface area (TPSA) is 59.5 Å². The predicted octanol–water partition coefficient (Wildman–Crippen LogP) is 1.79. The van der Waals surface area contributed by atoms with Gasteiger partial charge in [-0.2, -0.15) is 0 Å². The van der Waals surface area contributed by atoms with Crippen molar-refractivity contribution in [1.29, 1.82) is 0 Å². The lowest BCUT2D eigenvalue weighted by Gasteiger charge is -2.29. The Kier molecular flexibility index (Phi) is 7.91. The maximum atomic E-state index is 5.24. The molecule has 0 saturated heterocycles. The molecule has 0 bridgehead atoms. The fraction of sp³-hybridized carbons (Fsp3) is 0.714. The van der Waals surface area contributed by atoms with Gasteiger partial charge in [-0.05, 0) is 13.3 Å². The second kappa shape index (κ2) is 9.50. The molecule has 1 aromatic heterocycles. The highest BCUT2D eigenvalue weighted by Crippen LogP contribution is 2.17. The average molecular weight is 282 g/mol. The smallest absolute Gasteiger partial charge is 0.134 e. The van der Waals surface area contributed by atoms with Crippen molar-refractivity contribution in [2.24, 2.45) is 0 Å². The highest BCUT2D eigenvalue weighted by atomic mass is 16.5. The number of hydrogen-bond acceptors (Lipinski definition) is 6. The van der Waals surface area contributed by atoms with E-state index >= 15 is 0 Å². The zero-order chi connectivity index (χ0) is 14.8. The summed E-state index contributed by atoms with van der Waals surface area (Å²) in [6, 6.07) is 2.20. The summed E-state index contributed by atoms with van der Waals surface area (Å²) in [6.07, 6.45) is 2.65. The highest BCUT2D eigenvalue weighted by molar-refractivity contribution is 5.49. The molecule has 0 saturated carbocycles. The molecule has 0 spiro atoms. The molecular weight excluding hydrogens is 256 g/mol. The number of nitrogens with zero attached hydrogens (tertiary/aromatic N) is 3. The SMILES string of the molecule is CCCNc1cc(N(CCOC)C(C)COC)ncn1. The van der Waals surface area contributed by atoms with Crippen molar-refractivity contribution in [1.82, 2.24) is 9.97 Å². The van der Waals surface area contributed by atoms with Crippen LogP contribution < -0.4 is 10.2 Å². The van der Waals surface area contributed by atoms with E-state index in [1.54, 1.807) is 20.5 Å². The van der Waals surface area contributed by atoms with Gasteiger partial charge in [0.2, 0.25) is 0 Å². The second-order valence-electron chi connectivity index (χ2n) is 4.68. The Hall–Kier alpha value is -1.40. The largest absolute Gasteiger partial charge is 0.383 e. The number of ether oxygens (including phenoxy) is 2. The van der Waals surface area contributed by atoms with Gasteiger partial charge in [0.15, 0.2) is 0 Å². The van der Waals surface area contributed by atoms with Gasteiger partial charge in [-0.1, -0.05) is 6.92 Å².